The van der Waals surface area contributed by atoms with E-state index in [9.17, 15) is 4.79 Å². The summed E-state index contributed by atoms with van der Waals surface area (Å²) in [4.78, 5) is 17.2. The van der Waals surface area contributed by atoms with Crippen molar-refractivity contribution in [1.82, 2.24) is 4.90 Å². The Labute approximate surface area is 134 Å². The van der Waals surface area contributed by atoms with Gasteiger partial charge in [0, 0.05) is 30.7 Å². The van der Waals surface area contributed by atoms with Crippen molar-refractivity contribution in [3.05, 3.63) is 23.8 Å². The molecule has 3 rings (SSSR count). The molecule has 4 nitrogen and oxygen atoms in total. The molecular formula is C17H26N2O2Si. The number of ether oxygens (including phenoxy) is 1. The molecule has 0 spiro atoms. The highest BCUT2D eigenvalue weighted by atomic mass is 28.3. The lowest BCUT2D eigenvalue weighted by molar-refractivity contribution is -0.127. The molecule has 3 atom stereocenters. The minimum atomic E-state index is -1.67. The standard InChI is InChI=1S/C17H26N2O2Si/c1-17-12-10-11(21-4)8-9-13(12)18(2)16(17)19(3)15(20)14(17)22(5,6)7/h8-10,14,16H,1-7H3/t14-,16+,17-/m1/s1. The van der Waals surface area contributed by atoms with Crippen LogP contribution in [0.3, 0.4) is 0 Å². The molecule has 120 valence electrons. The number of likely N-dealkylation sites (N-methyl/N-ethyl adjacent to an activating group) is 2. The molecular weight excluding hydrogens is 292 g/mol. The van der Waals surface area contributed by atoms with Crippen LogP contribution in [0.2, 0.25) is 25.2 Å². The molecule has 1 fully saturated rings. The number of nitrogens with zero attached hydrogens (tertiary/aromatic N) is 2. The molecule has 2 aliphatic rings. The zero-order valence-electron chi connectivity index (χ0n) is 14.6. The molecule has 0 aromatic heterocycles. The summed E-state index contributed by atoms with van der Waals surface area (Å²) in [6.07, 6.45) is 0.0961. The normalized spacial score (nSPS) is 30.6. The zero-order chi connectivity index (χ0) is 16.4. The Kier molecular flexibility index (Phi) is 3.16. The van der Waals surface area contributed by atoms with Crippen LogP contribution in [-0.2, 0) is 10.2 Å². The molecule has 2 aliphatic heterocycles. The highest BCUT2D eigenvalue weighted by Gasteiger charge is 2.65. The molecule has 1 aromatic carbocycles. The van der Waals surface area contributed by atoms with Gasteiger partial charge in [0.2, 0.25) is 5.91 Å². The lowest BCUT2D eigenvalue weighted by Crippen LogP contribution is -2.48. The van der Waals surface area contributed by atoms with Crippen LogP contribution >= 0.6 is 0 Å². The van der Waals surface area contributed by atoms with Crippen LogP contribution in [0.5, 0.6) is 5.75 Å². The largest absolute Gasteiger partial charge is 0.497 e. The number of likely N-dealkylation sites (tertiary alicyclic amines) is 1. The van der Waals surface area contributed by atoms with Gasteiger partial charge in [0.15, 0.2) is 0 Å². The maximum absolute atomic E-state index is 13.0. The summed E-state index contributed by atoms with van der Waals surface area (Å²) in [6, 6.07) is 6.26. The van der Waals surface area contributed by atoms with Crippen molar-refractivity contribution in [3.8, 4) is 5.75 Å². The van der Waals surface area contributed by atoms with Gasteiger partial charge in [-0.1, -0.05) is 26.6 Å². The maximum atomic E-state index is 13.0. The minimum absolute atomic E-state index is 0.0887. The second-order valence-electron chi connectivity index (χ2n) is 7.90. The van der Waals surface area contributed by atoms with Crippen molar-refractivity contribution in [3.63, 3.8) is 0 Å². The first-order valence-corrected chi connectivity index (χ1v) is 11.4. The molecule has 0 radical (unpaired) electrons. The smallest absolute Gasteiger partial charge is 0.225 e. The number of anilines is 1. The van der Waals surface area contributed by atoms with Gasteiger partial charge in [0.05, 0.1) is 15.2 Å². The minimum Gasteiger partial charge on any atom is -0.497 e. The molecule has 0 saturated carbocycles. The van der Waals surface area contributed by atoms with Gasteiger partial charge in [-0.15, -0.1) is 0 Å². The van der Waals surface area contributed by atoms with Crippen LogP contribution < -0.4 is 9.64 Å². The predicted octanol–water partition coefficient (Wildman–Crippen LogP) is 2.91. The molecule has 22 heavy (non-hydrogen) atoms. The number of carbonyl (C=O) groups excluding carboxylic acids is 1. The van der Waals surface area contributed by atoms with Crippen molar-refractivity contribution in [1.29, 1.82) is 0 Å². The molecule has 1 aromatic rings. The maximum Gasteiger partial charge on any atom is 0.225 e. The number of carbonyl (C=O) groups is 1. The molecule has 1 amide bonds. The van der Waals surface area contributed by atoms with Crippen LogP contribution in [0.15, 0.2) is 18.2 Å². The molecule has 0 bridgehead atoms. The molecule has 2 heterocycles. The molecule has 0 aliphatic carbocycles. The van der Waals surface area contributed by atoms with E-state index in [0.29, 0.717) is 5.91 Å². The number of benzene rings is 1. The topological polar surface area (TPSA) is 32.8 Å². The zero-order valence-corrected chi connectivity index (χ0v) is 15.6. The fourth-order valence-electron chi connectivity index (χ4n) is 4.87. The van der Waals surface area contributed by atoms with Crippen LogP contribution in [0.1, 0.15) is 12.5 Å². The average Bonchev–Trinajstić information content (AvgIpc) is 2.77. The Morgan fingerprint density at radius 3 is 2.36 bits per heavy atom. The third-order valence-corrected chi connectivity index (χ3v) is 8.07. The van der Waals surface area contributed by atoms with Crippen molar-refractivity contribution < 1.29 is 9.53 Å². The van der Waals surface area contributed by atoms with Gasteiger partial charge < -0.3 is 14.5 Å². The number of amides is 1. The van der Waals surface area contributed by atoms with Gasteiger partial charge in [0.25, 0.3) is 0 Å². The Morgan fingerprint density at radius 2 is 1.82 bits per heavy atom. The van der Waals surface area contributed by atoms with E-state index in [1.54, 1.807) is 7.11 Å². The van der Waals surface area contributed by atoms with E-state index in [4.69, 9.17) is 4.74 Å². The number of methoxy groups -OCH3 is 1. The summed E-state index contributed by atoms with van der Waals surface area (Å²) >= 11 is 0. The SMILES string of the molecule is COc1ccc2c(c1)[C@@]1(C)[C@H](N(C)C(=O)[C@H]1[Si](C)(C)C)N2C. The summed E-state index contributed by atoms with van der Waals surface area (Å²) in [7, 11) is 4.07. The van der Waals surface area contributed by atoms with E-state index in [2.05, 4.69) is 50.6 Å². The van der Waals surface area contributed by atoms with Crippen LogP contribution in [0.4, 0.5) is 5.69 Å². The summed E-state index contributed by atoms with van der Waals surface area (Å²) in [5.41, 5.74) is 2.39. The van der Waals surface area contributed by atoms with Crippen molar-refractivity contribution >= 4 is 19.7 Å². The highest BCUT2D eigenvalue weighted by molar-refractivity contribution is 6.81. The number of fused-ring (bicyclic) bond motifs is 3. The van der Waals surface area contributed by atoms with E-state index in [0.717, 1.165) is 5.75 Å². The average molecular weight is 318 g/mol. The Bertz CT molecular complexity index is 640. The van der Waals surface area contributed by atoms with Crippen molar-refractivity contribution in [2.24, 2.45) is 0 Å². The summed E-state index contributed by atoms with van der Waals surface area (Å²) < 4.78 is 5.44. The van der Waals surface area contributed by atoms with Crippen molar-refractivity contribution in [2.75, 3.05) is 26.1 Å². The van der Waals surface area contributed by atoms with E-state index in [-0.39, 0.29) is 17.1 Å². The summed E-state index contributed by atoms with van der Waals surface area (Å²) in [5.74, 6) is 1.16. The van der Waals surface area contributed by atoms with E-state index in [1.165, 1.54) is 11.3 Å². The first-order chi connectivity index (χ1) is 10.1. The van der Waals surface area contributed by atoms with E-state index >= 15 is 0 Å². The van der Waals surface area contributed by atoms with Crippen LogP contribution in [0, 0.1) is 0 Å². The predicted molar refractivity (Wildman–Crippen MR) is 92.4 cm³/mol. The Balaban J connectivity index is 2.26. The number of hydrogen-bond acceptors (Lipinski definition) is 3. The lowest BCUT2D eigenvalue weighted by atomic mass is 9.80. The summed E-state index contributed by atoms with van der Waals surface area (Å²) in [5, 5.41) is 0. The molecule has 1 saturated heterocycles. The fourth-order valence-corrected chi connectivity index (χ4v) is 7.92. The quantitative estimate of drug-likeness (QED) is 0.786. The van der Waals surface area contributed by atoms with Gasteiger partial charge in [-0.3, -0.25) is 4.79 Å². The fraction of sp³-hybridized carbons (Fsp3) is 0.588. The second kappa shape index (κ2) is 4.51. The monoisotopic (exact) mass is 318 g/mol. The van der Waals surface area contributed by atoms with Crippen LogP contribution in [0.25, 0.3) is 0 Å². The third-order valence-electron chi connectivity index (χ3n) is 5.49. The van der Waals surface area contributed by atoms with E-state index in [1.807, 2.05) is 18.0 Å². The first-order valence-electron chi connectivity index (χ1n) is 7.82. The Morgan fingerprint density at radius 1 is 1.18 bits per heavy atom. The van der Waals surface area contributed by atoms with E-state index < -0.39 is 8.07 Å². The highest BCUT2D eigenvalue weighted by Crippen LogP contribution is 2.59. The Hall–Kier alpha value is -1.49. The van der Waals surface area contributed by atoms with Crippen LogP contribution in [-0.4, -0.2) is 46.3 Å². The molecule has 5 heteroatoms. The van der Waals surface area contributed by atoms with Gasteiger partial charge in [-0.25, -0.2) is 0 Å². The molecule has 0 N–H and O–H groups in total. The second-order valence-corrected chi connectivity index (χ2v) is 13.2. The molecule has 0 unspecified atom stereocenters. The summed E-state index contributed by atoms with van der Waals surface area (Å²) in [6.45, 7) is 9.17. The van der Waals surface area contributed by atoms with Gasteiger partial charge >= 0.3 is 0 Å². The number of rotatable bonds is 2. The first kappa shape index (κ1) is 15.4. The van der Waals surface area contributed by atoms with Gasteiger partial charge in [-0.2, -0.15) is 0 Å². The van der Waals surface area contributed by atoms with Gasteiger partial charge in [-0.05, 0) is 23.8 Å². The lowest BCUT2D eigenvalue weighted by Gasteiger charge is -2.37. The third kappa shape index (κ3) is 1.72. The van der Waals surface area contributed by atoms with Crippen molar-refractivity contribution in [2.45, 2.75) is 43.7 Å². The number of hydrogen-bond donors (Lipinski definition) is 0. The van der Waals surface area contributed by atoms with Gasteiger partial charge in [0.1, 0.15) is 11.9 Å².